The summed E-state index contributed by atoms with van der Waals surface area (Å²) in [6.45, 7) is 2.65. The third-order valence-corrected chi connectivity index (χ3v) is 5.22. The van der Waals surface area contributed by atoms with Gasteiger partial charge in [0.1, 0.15) is 5.82 Å². The molecule has 2 heterocycles. The summed E-state index contributed by atoms with van der Waals surface area (Å²) in [4.78, 5) is 18.9. The minimum atomic E-state index is -0.199. The summed E-state index contributed by atoms with van der Waals surface area (Å²) < 4.78 is 0. The molecule has 1 aromatic rings. The van der Waals surface area contributed by atoms with Crippen LogP contribution < -0.4 is 15.5 Å². The van der Waals surface area contributed by atoms with Gasteiger partial charge in [0.05, 0.1) is 6.10 Å². The molecule has 25 heavy (non-hydrogen) atoms. The zero-order chi connectivity index (χ0) is 17.5. The fourth-order valence-electron chi connectivity index (χ4n) is 3.65. The summed E-state index contributed by atoms with van der Waals surface area (Å²) in [6.07, 6.45) is 10.0. The molecular formula is C19H30N4O2. The lowest BCUT2D eigenvalue weighted by Crippen LogP contribution is -2.43. The fraction of sp³-hybridized carbons (Fsp3) is 0.684. The van der Waals surface area contributed by atoms with Crippen LogP contribution in [0.5, 0.6) is 0 Å². The standard InChI is InChI=1S/C19H30N4O2/c24-17-8-6-16(7-9-17)22-19(25)21-14-15-5-10-18(20-13-15)23-11-3-1-2-4-12-23/h5,10,13,16-17,24H,1-4,6-9,11-12,14H2,(H2,21,22,25). The molecule has 1 aromatic heterocycles. The van der Waals surface area contributed by atoms with E-state index in [1.165, 1.54) is 25.7 Å². The summed E-state index contributed by atoms with van der Waals surface area (Å²) in [7, 11) is 0. The van der Waals surface area contributed by atoms with Gasteiger partial charge in [-0.15, -0.1) is 0 Å². The first-order chi connectivity index (χ1) is 12.2. The van der Waals surface area contributed by atoms with Crippen molar-refractivity contribution in [2.75, 3.05) is 18.0 Å². The van der Waals surface area contributed by atoms with E-state index in [-0.39, 0.29) is 18.2 Å². The van der Waals surface area contributed by atoms with E-state index in [0.29, 0.717) is 6.54 Å². The minimum absolute atomic E-state index is 0.141. The second-order valence-corrected chi connectivity index (χ2v) is 7.26. The number of aromatic nitrogens is 1. The SMILES string of the molecule is O=C(NCc1ccc(N2CCCCCC2)nc1)NC1CCC(O)CC1. The van der Waals surface area contributed by atoms with Gasteiger partial charge in [-0.2, -0.15) is 0 Å². The van der Waals surface area contributed by atoms with Crippen molar-refractivity contribution < 1.29 is 9.90 Å². The molecule has 0 radical (unpaired) electrons. The summed E-state index contributed by atoms with van der Waals surface area (Å²) in [5.74, 6) is 1.04. The fourth-order valence-corrected chi connectivity index (χ4v) is 3.65. The number of rotatable bonds is 4. The summed E-state index contributed by atoms with van der Waals surface area (Å²) in [5.41, 5.74) is 1.01. The third-order valence-electron chi connectivity index (χ3n) is 5.22. The number of amides is 2. The maximum Gasteiger partial charge on any atom is 0.315 e. The smallest absolute Gasteiger partial charge is 0.315 e. The van der Waals surface area contributed by atoms with Gasteiger partial charge in [-0.05, 0) is 50.2 Å². The number of nitrogens with one attached hydrogen (secondary N) is 2. The van der Waals surface area contributed by atoms with Crippen LogP contribution in [0.1, 0.15) is 56.9 Å². The number of hydrogen-bond donors (Lipinski definition) is 3. The lowest BCUT2D eigenvalue weighted by molar-refractivity contribution is 0.117. The number of carbonyl (C=O) groups excluding carboxylic acids is 1. The number of anilines is 1. The normalized spacial score (nSPS) is 24.4. The first-order valence-corrected chi connectivity index (χ1v) is 9.63. The molecular weight excluding hydrogens is 316 g/mol. The maximum atomic E-state index is 12.0. The molecule has 0 bridgehead atoms. The van der Waals surface area contributed by atoms with Crippen LogP contribution in [0.3, 0.4) is 0 Å². The highest BCUT2D eigenvalue weighted by Crippen LogP contribution is 2.19. The van der Waals surface area contributed by atoms with Crippen LogP contribution in [-0.2, 0) is 6.54 Å². The number of pyridine rings is 1. The Labute approximate surface area is 150 Å². The van der Waals surface area contributed by atoms with Crippen molar-refractivity contribution in [3.63, 3.8) is 0 Å². The second-order valence-electron chi connectivity index (χ2n) is 7.26. The number of aliphatic hydroxyl groups is 1. The highest BCUT2D eigenvalue weighted by Gasteiger charge is 2.20. The van der Waals surface area contributed by atoms with Gasteiger partial charge in [0, 0.05) is 31.9 Å². The van der Waals surface area contributed by atoms with Gasteiger partial charge >= 0.3 is 6.03 Å². The molecule has 2 aliphatic rings. The lowest BCUT2D eigenvalue weighted by atomic mass is 9.93. The first-order valence-electron chi connectivity index (χ1n) is 9.63. The van der Waals surface area contributed by atoms with Crippen molar-refractivity contribution in [1.29, 1.82) is 0 Å². The molecule has 1 saturated heterocycles. The van der Waals surface area contributed by atoms with Gasteiger partial charge in [-0.25, -0.2) is 9.78 Å². The number of carbonyl (C=O) groups is 1. The first kappa shape index (κ1) is 18.0. The summed E-state index contributed by atoms with van der Waals surface area (Å²) in [6, 6.07) is 4.14. The zero-order valence-electron chi connectivity index (χ0n) is 14.9. The number of urea groups is 1. The van der Waals surface area contributed by atoms with Gasteiger partial charge in [0.15, 0.2) is 0 Å². The molecule has 3 rings (SSSR count). The molecule has 0 unspecified atom stereocenters. The van der Waals surface area contributed by atoms with E-state index >= 15 is 0 Å². The number of hydrogen-bond acceptors (Lipinski definition) is 4. The molecule has 138 valence electrons. The Bertz CT molecular complexity index is 533. The molecule has 0 spiro atoms. The van der Waals surface area contributed by atoms with E-state index in [9.17, 15) is 9.90 Å². The average molecular weight is 346 g/mol. The monoisotopic (exact) mass is 346 g/mol. The Hall–Kier alpha value is -1.82. The highest BCUT2D eigenvalue weighted by atomic mass is 16.3. The lowest BCUT2D eigenvalue weighted by Gasteiger charge is -2.26. The molecule has 0 atom stereocenters. The molecule has 1 aliphatic carbocycles. The molecule has 1 saturated carbocycles. The van der Waals surface area contributed by atoms with E-state index < -0.39 is 0 Å². The van der Waals surface area contributed by atoms with E-state index in [4.69, 9.17) is 0 Å². The van der Waals surface area contributed by atoms with Crippen molar-refractivity contribution >= 4 is 11.8 Å². The third kappa shape index (κ3) is 5.59. The predicted molar refractivity (Wildman–Crippen MR) is 98.6 cm³/mol. The van der Waals surface area contributed by atoms with Gasteiger partial charge in [-0.1, -0.05) is 18.9 Å². The van der Waals surface area contributed by atoms with Gasteiger partial charge in [0.2, 0.25) is 0 Å². The van der Waals surface area contributed by atoms with Crippen LogP contribution in [0.25, 0.3) is 0 Å². The van der Waals surface area contributed by atoms with E-state index in [1.54, 1.807) is 0 Å². The van der Waals surface area contributed by atoms with Gasteiger partial charge in [0.25, 0.3) is 0 Å². The predicted octanol–water partition coefficient (Wildman–Crippen LogP) is 2.56. The largest absolute Gasteiger partial charge is 0.393 e. The Morgan fingerprint density at radius 2 is 1.84 bits per heavy atom. The zero-order valence-corrected chi connectivity index (χ0v) is 14.9. The average Bonchev–Trinajstić information content (AvgIpc) is 2.92. The maximum absolute atomic E-state index is 12.0. The Kier molecular flexibility index (Phi) is 6.50. The molecule has 0 aromatic carbocycles. The minimum Gasteiger partial charge on any atom is -0.393 e. The van der Waals surface area contributed by atoms with Gasteiger partial charge < -0.3 is 20.6 Å². The van der Waals surface area contributed by atoms with Gasteiger partial charge in [-0.3, -0.25) is 0 Å². The molecule has 6 nitrogen and oxygen atoms in total. The van der Waals surface area contributed by atoms with Crippen molar-refractivity contribution in [3.8, 4) is 0 Å². The topological polar surface area (TPSA) is 77.5 Å². The molecule has 6 heteroatoms. The van der Waals surface area contributed by atoms with E-state index in [1.807, 2.05) is 12.3 Å². The van der Waals surface area contributed by atoms with Crippen LogP contribution in [-0.4, -0.2) is 41.4 Å². The van der Waals surface area contributed by atoms with Crippen LogP contribution >= 0.6 is 0 Å². The van der Waals surface area contributed by atoms with Crippen LogP contribution in [0.15, 0.2) is 18.3 Å². The van der Waals surface area contributed by atoms with E-state index in [0.717, 1.165) is 50.2 Å². The quantitative estimate of drug-likeness (QED) is 0.783. The van der Waals surface area contributed by atoms with E-state index in [2.05, 4.69) is 26.6 Å². The second kappa shape index (κ2) is 9.04. The Morgan fingerprint density at radius 1 is 1.12 bits per heavy atom. The number of nitrogens with zero attached hydrogens (tertiary/aromatic N) is 2. The molecule has 2 fully saturated rings. The molecule has 3 N–H and O–H groups in total. The highest BCUT2D eigenvalue weighted by molar-refractivity contribution is 5.74. The van der Waals surface area contributed by atoms with Crippen molar-refractivity contribution in [2.45, 2.75) is 70.1 Å². The van der Waals surface area contributed by atoms with Crippen molar-refractivity contribution in [1.82, 2.24) is 15.6 Å². The van der Waals surface area contributed by atoms with Crippen LogP contribution in [0, 0.1) is 0 Å². The summed E-state index contributed by atoms with van der Waals surface area (Å²) >= 11 is 0. The molecule has 2 amide bonds. The Balaban J connectivity index is 1.42. The Morgan fingerprint density at radius 3 is 2.48 bits per heavy atom. The molecule has 1 aliphatic heterocycles. The van der Waals surface area contributed by atoms with Crippen molar-refractivity contribution in [2.24, 2.45) is 0 Å². The number of aliphatic hydroxyl groups excluding tert-OH is 1. The summed E-state index contributed by atoms with van der Waals surface area (Å²) in [5, 5.41) is 15.4. The van der Waals surface area contributed by atoms with Crippen LogP contribution in [0.4, 0.5) is 10.6 Å². The van der Waals surface area contributed by atoms with Crippen molar-refractivity contribution in [3.05, 3.63) is 23.9 Å². The van der Waals surface area contributed by atoms with Crippen LogP contribution in [0.2, 0.25) is 0 Å².